The van der Waals surface area contributed by atoms with E-state index in [-0.39, 0.29) is 0 Å². The molecule has 0 aromatic heterocycles. The summed E-state index contributed by atoms with van der Waals surface area (Å²) in [6, 6.07) is 51.6. The van der Waals surface area contributed by atoms with Gasteiger partial charge in [-0.3, -0.25) is 0 Å². The Labute approximate surface area is 237 Å². The van der Waals surface area contributed by atoms with Crippen molar-refractivity contribution in [3.63, 3.8) is 0 Å². The van der Waals surface area contributed by atoms with E-state index >= 15 is 0 Å². The minimum atomic E-state index is -1.31. The molecule has 0 bridgehead atoms. The maximum absolute atomic E-state index is 2.40. The van der Waals surface area contributed by atoms with E-state index in [1.165, 1.54) is 70.9 Å². The van der Waals surface area contributed by atoms with Gasteiger partial charge in [0.1, 0.15) is 0 Å². The van der Waals surface area contributed by atoms with E-state index in [0.29, 0.717) is 0 Å². The zero-order valence-corrected chi connectivity index (χ0v) is 24.3. The van der Waals surface area contributed by atoms with Crippen LogP contribution in [0.3, 0.4) is 0 Å². The van der Waals surface area contributed by atoms with Crippen LogP contribution in [-0.2, 0) is 0 Å². The van der Waals surface area contributed by atoms with Crippen molar-refractivity contribution in [3.8, 4) is 33.4 Å². The summed E-state index contributed by atoms with van der Waals surface area (Å²) in [6.45, 7) is 7.20. The third-order valence-electron chi connectivity index (χ3n) is 8.25. The lowest BCUT2D eigenvalue weighted by Gasteiger charge is -2.19. The molecule has 7 aromatic rings. The Morgan fingerprint density at radius 1 is 0.350 bits per heavy atom. The molecule has 40 heavy (non-hydrogen) atoms. The van der Waals surface area contributed by atoms with Gasteiger partial charge in [0.05, 0.1) is 8.07 Å². The number of rotatable bonds is 4. The summed E-state index contributed by atoms with van der Waals surface area (Å²) >= 11 is 0. The zero-order valence-electron chi connectivity index (χ0n) is 23.3. The van der Waals surface area contributed by atoms with Gasteiger partial charge in [-0.25, -0.2) is 0 Å². The van der Waals surface area contributed by atoms with Crippen LogP contribution >= 0.6 is 0 Å². The predicted octanol–water partition coefficient (Wildman–Crippen LogP) is 10.7. The van der Waals surface area contributed by atoms with Crippen molar-refractivity contribution in [1.29, 1.82) is 0 Å². The van der Waals surface area contributed by atoms with Crippen LogP contribution in [0.15, 0.2) is 140 Å². The Balaban J connectivity index is 1.43. The summed E-state index contributed by atoms with van der Waals surface area (Å²) in [4.78, 5) is 0. The van der Waals surface area contributed by atoms with Gasteiger partial charge < -0.3 is 0 Å². The molecular weight excluding hydrogens is 497 g/mol. The molecule has 0 aliphatic rings. The van der Waals surface area contributed by atoms with Crippen molar-refractivity contribution in [2.24, 2.45) is 0 Å². The molecule has 0 N–H and O–H groups in total. The Morgan fingerprint density at radius 2 is 0.775 bits per heavy atom. The first-order valence-corrected chi connectivity index (χ1v) is 17.6. The van der Waals surface area contributed by atoms with E-state index in [1.807, 2.05) is 0 Å². The minimum Gasteiger partial charge on any atom is -0.0656 e. The first-order valence-electron chi connectivity index (χ1n) is 14.1. The first-order chi connectivity index (χ1) is 19.5. The summed E-state index contributed by atoms with van der Waals surface area (Å²) in [5.74, 6) is 0. The molecule has 0 heterocycles. The van der Waals surface area contributed by atoms with Crippen molar-refractivity contribution in [2.45, 2.75) is 19.6 Å². The summed E-state index contributed by atoms with van der Waals surface area (Å²) in [6.07, 6.45) is 0. The normalized spacial score (nSPS) is 11.9. The average Bonchev–Trinajstić information content (AvgIpc) is 2.99. The fourth-order valence-electron chi connectivity index (χ4n) is 6.17. The zero-order chi connectivity index (χ0) is 27.3. The standard InChI is InChI=1S/C39H32Si/c1-40(2,3)31-25-23-28(24-26-31)27-19-21-30(22-20-27)38-34-14-6-8-16-36(34)39(37-17-9-7-15-35(37)38)33-18-10-12-29-11-4-5-13-32(29)33/h4-26H,1-3H3. The van der Waals surface area contributed by atoms with Gasteiger partial charge in [0.25, 0.3) is 0 Å². The molecule has 0 nitrogen and oxygen atoms in total. The number of benzene rings is 7. The third-order valence-corrected chi connectivity index (χ3v) is 10.3. The van der Waals surface area contributed by atoms with Crippen molar-refractivity contribution in [2.75, 3.05) is 0 Å². The summed E-state index contributed by atoms with van der Waals surface area (Å²) in [5, 5.41) is 9.21. The molecule has 0 unspecified atom stereocenters. The monoisotopic (exact) mass is 528 g/mol. The van der Waals surface area contributed by atoms with Gasteiger partial charge in [0, 0.05) is 0 Å². The molecule has 0 atom stereocenters. The molecule has 192 valence electrons. The van der Waals surface area contributed by atoms with Crippen molar-refractivity contribution < 1.29 is 0 Å². The highest BCUT2D eigenvalue weighted by molar-refractivity contribution is 6.88. The maximum Gasteiger partial charge on any atom is 0.0775 e. The smallest absolute Gasteiger partial charge is 0.0656 e. The Morgan fingerprint density at radius 3 is 1.32 bits per heavy atom. The van der Waals surface area contributed by atoms with E-state index in [1.54, 1.807) is 0 Å². The van der Waals surface area contributed by atoms with Crippen LogP contribution in [0.4, 0.5) is 0 Å². The highest BCUT2D eigenvalue weighted by Crippen LogP contribution is 2.45. The predicted molar refractivity (Wildman–Crippen MR) is 178 cm³/mol. The van der Waals surface area contributed by atoms with Gasteiger partial charge in [0.2, 0.25) is 0 Å². The van der Waals surface area contributed by atoms with Crippen LogP contribution in [-0.4, -0.2) is 8.07 Å². The Hall–Kier alpha value is -4.46. The number of hydrogen-bond acceptors (Lipinski definition) is 0. The molecule has 0 aliphatic carbocycles. The van der Waals surface area contributed by atoms with Gasteiger partial charge in [-0.15, -0.1) is 0 Å². The second-order valence-electron chi connectivity index (χ2n) is 11.8. The molecule has 0 amide bonds. The van der Waals surface area contributed by atoms with Crippen LogP contribution in [0.1, 0.15) is 0 Å². The van der Waals surface area contributed by atoms with Crippen LogP contribution in [0, 0.1) is 0 Å². The fourth-order valence-corrected chi connectivity index (χ4v) is 7.33. The van der Waals surface area contributed by atoms with Crippen molar-refractivity contribution in [1.82, 2.24) is 0 Å². The Bertz CT molecular complexity index is 1940. The van der Waals surface area contributed by atoms with Crippen LogP contribution in [0.5, 0.6) is 0 Å². The van der Waals surface area contributed by atoms with Gasteiger partial charge in [-0.05, 0) is 65.7 Å². The molecule has 0 radical (unpaired) electrons. The van der Waals surface area contributed by atoms with Crippen LogP contribution < -0.4 is 5.19 Å². The molecule has 0 aliphatic heterocycles. The molecule has 0 fully saturated rings. The highest BCUT2D eigenvalue weighted by Gasteiger charge is 2.18. The first kappa shape index (κ1) is 24.6. The topological polar surface area (TPSA) is 0 Å². The number of hydrogen-bond donors (Lipinski definition) is 0. The maximum atomic E-state index is 2.40. The van der Waals surface area contributed by atoms with E-state index in [2.05, 4.69) is 159 Å². The molecular formula is C39H32Si. The molecule has 7 aromatic carbocycles. The highest BCUT2D eigenvalue weighted by atomic mass is 28.3. The molecule has 0 saturated carbocycles. The van der Waals surface area contributed by atoms with Gasteiger partial charge in [0.15, 0.2) is 0 Å². The SMILES string of the molecule is C[Si](C)(C)c1ccc(-c2ccc(-c3c4ccccc4c(-c4cccc5ccccc45)c4ccccc34)cc2)cc1. The summed E-state index contributed by atoms with van der Waals surface area (Å²) in [7, 11) is -1.31. The van der Waals surface area contributed by atoms with Crippen molar-refractivity contribution >= 4 is 45.6 Å². The molecule has 7 rings (SSSR count). The van der Waals surface area contributed by atoms with Crippen LogP contribution in [0.2, 0.25) is 19.6 Å². The van der Waals surface area contributed by atoms with Crippen molar-refractivity contribution in [3.05, 3.63) is 140 Å². The quantitative estimate of drug-likeness (QED) is 0.157. The molecule has 0 saturated heterocycles. The lowest BCUT2D eigenvalue weighted by atomic mass is 9.84. The van der Waals surface area contributed by atoms with E-state index < -0.39 is 8.07 Å². The fraction of sp³-hybridized carbons (Fsp3) is 0.0769. The van der Waals surface area contributed by atoms with Gasteiger partial charge in [-0.1, -0.05) is 164 Å². The molecule has 0 spiro atoms. The average molecular weight is 529 g/mol. The van der Waals surface area contributed by atoms with E-state index in [9.17, 15) is 0 Å². The minimum absolute atomic E-state index is 1.25. The van der Waals surface area contributed by atoms with Gasteiger partial charge in [-0.2, -0.15) is 0 Å². The third kappa shape index (κ3) is 4.15. The second-order valence-corrected chi connectivity index (χ2v) is 16.8. The second kappa shape index (κ2) is 9.62. The largest absolute Gasteiger partial charge is 0.0775 e. The Kier molecular flexibility index (Phi) is 5.91. The lowest BCUT2D eigenvalue weighted by molar-refractivity contribution is 1.61. The summed E-state index contributed by atoms with van der Waals surface area (Å²) < 4.78 is 0. The van der Waals surface area contributed by atoms with E-state index in [4.69, 9.17) is 0 Å². The summed E-state index contributed by atoms with van der Waals surface area (Å²) in [5.41, 5.74) is 7.68. The number of fused-ring (bicyclic) bond motifs is 3. The molecule has 1 heteroatoms. The lowest BCUT2D eigenvalue weighted by Crippen LogP contribution is -2.37. The van der Waals surface area contributed by atoms with Gasteiger partial charge >= 0.3 is 0 Å². The van der Waals surface area contributed by atoms with Crippen LogP contribution in [0.25, 0.3) is 65.7 Å². The van der Waals surface area contributed by atoms with E-state index in [0.717, 1.165) is 0 Å².